The SMILES string of the molecule is O=C(NCCOc1ccccc1)c1cnc(N2CCC(N3CCOCC3)CC2)s1. The van der Waals surface area contributed by atoms with Gasteiger partial charge in [-0.3, -0.25) is 9.69 Å². The molecule has 29 heavy (non-hydrogen) atoms. The zero-order valence-electron chi connectivity index (χ0n) is 16.6. The van der Waals surface area contributed by atoms with E-state index in [2.05, 4.69) is 20.1 Å². The van der Waals surface area contributed by atoms with Gasteiger partial charge < -0.3 is 19.7 Å². The van der Waals surface area contributed by atoms with Gasteiger partial charge in [0.15, 0.2) is 5.13 Å². The number of hydrogen-bond donors (Lipinski definition) is 1. The number of carbonyl (C=O) groups excluding carboxylic acids is 1. The molecule has 1 amide bonds. The lowest BCUT2D eigenvalue weighted by atomic mass is 10.0. The summed E-state index contributed by atoms with van der Waals surface area (Å²) in [5.74, 6) is 0.718. The summed E-state index contributed by atoms with van der Waals surface area (Å²) in [6, 6.07) is 10.2. The van der Waals surface area contributed by atoms with Crippen molar-refractivity contribution in [2.75, 3.05) is 57.4 Å². The zero-order valence-corrected chi connectivity index (χ0v) is 17.4. The van der Waals surface area contributed by atoms with Gasteiger partial charge in [-0.25, -0.2) is 4.98 Å². The highest BCUT2D eigenvalue weighted by Gasteiger charge is 2.27. The second-order valence-corrected chi connectivity index (χ2v) is 8.30. The Labute approximate surface area is 175 Å². The molecule has 0 atom stereocenters. The molecule has 8 heteroatoms. The van der Waals surface area contributed by atoms with Gasteiger partial charge in [0.05, 0.1) is 26.0 Å². The van der Waals surface area contributed by atoms with Crippen molar-refractivity contribution in [3.63, 3.8) is 0 Å². The molecule has 0 spiro atoms. The summed E-state index contributed by atoms with van der Waals surface area (Å²) in [5, 5.41) is 3.85. The molecular formula is C21H28N4O3S. The average molecular weight is 417 g/mol. The Hall–Kier alpha value is -2.16. The van der Waals surface area contributed by atoms with Gasteiger partial charge in [0, 0.05) is 32.2 Å². The zero-order chi connectivity index (χ0) is 19.9. The second-order valence-electron chi connectivity index (χ2n) is 7.29. The molecule has 1 N–H and O–H groups in total. The number of amides is 1. The molecule has 3 heterocycles. The van der Waals surface area contributed by atoms with Crippen LogP contribution in [0.1, 0.15) is 22.5 Å². The van der Waals surface area contributed by atoms with Crippen molar-refractivity contribution in [2.45, 2.75) is 18.9 Å². The van der Waals surface area contributed by atoms with Gasteiger partial charge in [0.25, 0.3) is 5.91 Å². The first-order chi connectivity index (χ1) is 14.3. The largest absolute Gasteiger partial charge is 0.492 e. The summed E-state index contributed by atoms with van der Waals surface area (Å²) in [4.78, 5) is 22.4. The van der Waals surface area contributed by atoms with Crippen LogP contribution in [0.25, 0.3) is 0 Å². The molecule has 2 saturated heterocycles. The Balaban J connectivity index is 1.20. The Morgan fingerprint density at radius 3 is 2.69 bits per heavy atom. The predicted molar refractivity (Wildman–Crippen MR) is 114 cm³/mol. The van der Waals surface area contributed by atoms with E-state index in [9.17, 15) is 4.79 Å². The summed E-state index contributed by atoms with van der Waals surface area (Å²) >= 11 is 1.47. The number of rotatable bonds is 7. The van der Waals surface area contributed by atoms with E-state index in [0.717, 1.165) is 63.1 Å². The van der Waals surface area contributed by atoms with Gasteiger partial charge in [0.2, 0.25) is 0 Å². The van der Waals surface area contributed by atoms with Gasteiger partial charge in [0.1, 0.15) is 17.2 Å². The Morgan fingerprint density at radius 2 is 1.93 bits per heavy atom. The summed E-state index contributed by atoms with van der Waals surface area (Å²) < 4.78 is 11.1. The monoisotopic (exact) mass is 416 g/mol. The number of hydrogen-bond acceptors (Lipinski definition) is 7. The number of carbonyl (C=O) groups is 1. The molecule has 0 radical (unpaired) electrons. The van der Waals surface area contributed by atoms with Crippen LogP contribution >= 0.6 is 11.3 Å². The minimum atomic E-state index is -0.0892. The number of para-hydroxylation sites is 1. The number of thiazole rings is 1. The molecular weight excluding hydrogens is 388 g/mol. The van der Waals surface area contributed by atoms with Crippen molar-refractivity contribution in [3.8, 4) is 5.75 Å². The average Bonchev–Trinajstić information content (AvgIpc) is 3.29. The lowest BCUT2D eigenvalue weighted by molar-refractivity contribution is 0.0115. The van der Waals surface area contributed by atoms with Crippen molar-refractivity contribution in [1.82, 2.24) is 15.2 Å². The maximum absolute atomic E-state index is 12.4. The quantitative estimate of drug-likeness (QED) is 0.699. The lowest BCUT2D eigenvalue weighted by Crippen LogP contribution is -2.49. The third-order valence-electron chi connectivity index (χ3n) is 5.41. The van der Waals surface area contributed by atoms with Gasteiger partial charge >= 0.3 is 0 Å². The van der Waals surface area contributed by atoms with Crippen molar-refractivity contribution >= 4 is 22.4 Å². The first-order valence-electron chi connectivity index (χ1n) is 10.3. The standard InChI is InChI=1S/C21H28N4O3S/c26-20(22-8-13-28-18-4-2-1-3-5-18)19-16-23-21(29-19)25-9-6-17(7-10-25)24-11-14-27-15-12-24/h1-5,16-17H,6-15H2,(H,22,26). The van der Waals surface area contributed by atoms with E-state index in [1.807, 2.05) is 30.3 Å². The van der Waals surface area contributed by atoms with Gasteiger partial charge in [-0.2, -0.15) is 0 Å². The topological polar surface area (TPSA) is 66.9 Å². The van der Waals surface area contributed by atoms with Crippen LogP contribution in [0, 0.1) is 0 Å². The summed E-state index contributed by atoms with van der Waals surface area (Å²) in [5.41, 5.74) is 0. The molecule has 0 unspecified atom stereocenters. The number of piperidine rings is 1. The third kappa shape index (κ3) is 5.46. The molecule has 0 saturated carbocycles. The minimum Gasteiger partial charge on any atom is -0.492 e. The first kappa shape index (κ1) is 20.1. The van der Waals surface area contributed by atoms with Crippen molar-refractivity contribution in [3.05, 3.63) is 41.4 Å². The number of nitrogens with one attached hydrogen (secondary N) is 1. The van der Waals surface area contributed by atoms with E-state index >= 15 is 0 Å². The Kier molecular flexibility index (Phi) is 6.97. The minimum absolute atomic E-state index is 0.0892. The third-order valence-corrected chi connectivity index (χ3v) is 6.47. The van der Waals surface area contributed by atoms with E-state index < -0.39 is 0 Å². The van der Waals surface area contributed by atoms with Crippen LogP contribution in [0.2, 0.25) is 0 Å². The van der Waals surface area contributed by atoms with E-state index in [0.29, 0.717) is 24.1 Å². The highest BCUT2D eigenvalue weighted by molar-refractivity contribution is 7.17. The van der Waals surface area contributed by atoms with E-state index in [1.54, 1.807) is 6.20 Å². The van der Waals surface area contributed by atoms with E-state index in [-0.39, 0.29) is 5.91 Å². The Morgan fingerprint density at radius 1 is 1.17 bits per heavy atom. The molecule has 0 aliphatic carbocycles. The summed E-state index contributed by atoms with van der Waals surface area (Å²) in [7, 11) is 0. The number of morpholine rings is 1. The number of ether oxygens (including phenoxy) is 2. The maximum atomic E-state index is 12.4. The number of benzene rings is 1. The van der Waals surface area contributed by atoms with Crippen molar-refractivity contribution in [1.29, 1.82) is 0 Å². The number of nitrogens with zero attached hydrogens (tertiary/aromatic N) is 3. The van der Waals surface area contributed by atoms with Gasteiger partial charge in [-0.15, -0.1) is 0 Å². The molecule has 2 fully saturated rings. The first-order valence-corrected chi connectivity index (χ1v) is 11.1. The number of anilines is 1. The van der Waals surface area contributed by atoms with Crippen LogP contribution in [-0.4, -0.2) is 74.4 Å². The molecule has 1 aromatic carbocycles. The Bertz CT molecular complexity index is 771. The molecule has 7 nitrogen and oxygen atoms in total. The smallest absolute Gasteiger partial charge is 0.263 e. The van der Waals surface area contributed by atoms with Crippen LogP contribution in [0.15, 0.2) is 36.5 Å². The highest BCUT2D eigenvalue weighted by atomic mass is 32.1. The molecule has 0 bridgehead atoms. The van der Waals surface area contributed by atoms with E-state index in [4.69, 9.17) is 9.47 Å². The van der Waals surface area contributed by atoms with Crippen LogP contribution in [-0.2, 0) is 4.74 Å². The molecule has 1 aromatic heterocycles. The molecule has 4 rings (SSSR count). The fourth-order valence-corrected chi connectivity index (χ4v) is 4.70. The number of aromatic nitrogens is 1. The fraction of sp³-hybridized carbons (Fsp3) is 0.524. The van der Waals surface area contributed by atoms with Crippen LogP contribution in [0.4, 0.5) is 5.13 Å². The maximum Gasteiger partial charge on any atom is 0.263 e. The lowest BCUT2D eigenvalue weighted by Gasteiger charge is -2.40. The molecule has 156 valence electrons. The van der Waals surface area contributed by atoms with Crippen LogP contribution in [0.5, 0.6) is 5.75 Å². The van der Waals surface area contributed by atoms with Gasteiger partial charge in [-0.1, -0.05) is 29.5 Å². The van der Waals surface area contributed by atoms with Crippen LogP contribution in [0.3, 0.4) is 0 Å². The van der Waals surface area contributed by atoms with Crippen molar-refractivity contribution < 1.29 is 14.3 Å². The summed E-state index contributed by atoms with van der Waals surface area (Å²) in [6.07, 6.45) is 3.96. The van der Waals surface area contributed by atoms with Crippen molar-refractivity contribution in [2.24, 2.45) is 0 Å². The highest BCUT2D eigenvalue weighted by Crippen LogP contribution is 2.27. The molecule has 2 aliphatic heterocycles. The van der Waals surface area contributed by atoms with E-state index in [1.165, 1.54) is 11.3 Å². The fourth-order valence-electron chi connectivity index (χ4n) is 3.82. The molecule has 2 aromatic rings. The summed E-state index contributed by atoms with van der Waals surface area (Å²) in [6.45, 7) is 6.66. The van der Waals surface area contributed by atoms with Gasteiger partial charge in [-0.05, 0) is 25.0 Å². The second kappa shape index (κ2) is 10.0. The van der Waals surface area contributed by atoms with Crippen LogP contribution < -0.4 is 15.0 Å². The predicted octanol–water partition coefficient (Wildman–Crippen LogP) is 2.25. The normalized spacial score (nSPS) is 18.6. The molecule has 2 aliphatic rings.